The van der Waals surface area contributed by atoms with Crippen LogP contribution in [0.25, 0.3) is 0 Å². The van der Waals surface area contributed by atoms with E-state index in [-0.39, 0.29) is 23.8 Å². The second-order valence-corrected chi connectivity index (χ2v) is 7.12. The van der Waals surface area contributed by atoms with Crippen LogP contribution in [0.1, 0.15) is 36.5 Å². The zero-order chi connectivity index (χ0) is 21.9. The Morgan fingerprint density at radius 2 is 1.77 bits per heavy atom. The Labute approximate surface area is 177 Å². The van der Waals surface area contributed by atoms with E-state index in [9.17, 15) is 9.90 Å². The molecule has 7 heteroatoms. The topological polar surface area (TPSA) is 118 Å². The van der Waals surface area contributed by atoms with E-state index in [2.05, 4.69) is 34.9 Å². The second kappa shape index (κ2) is 11.7. The lowest BCUT2D eigenvalue weighted by Gasteiger charge is -2.12. The van der Waals surface area contributed by atoms with Crippen LogP contribution in [0.2, 0.25) is 0 Å². The number of carbonyl (C=O) groups excluding carboxylic acids is 1. The number of para-hydroxylation sites is 1. The van der Waals surface area contributed by atoms with E-state index in [1.54, 1.807) is 6.07 Å². The monoisotopic (exact) mass is 410 g/mol. The van der Waals surface area contributed by atoms with Gasteiger partial charge in [-0.15, -0.1) is 0 Å². The smallest absolute Gasteiger partial charge is 0.273 e. The van der Waals surface area contributed by atoms with E-state index >= 15 is 0 Å². The molecule has 2 rings (SSSR count). The summed E-state index contributed by atoms with van der Waals surface area (Å²) in [5, 5.41) is 34.0. The minimum absolute atomic E-state index is 0.0114. The maximum absolute atomic E-state index is 12.3. The number of nitrogens with zero attached hydrogens (tertiary/aromatic N) is 1. The van der Waals surface area contributed by atoms with E-state index < -0.39 is 5.91 Å². The first-order chi connectivity index (χ1) is 14.4. The van der Waals surface area contributed by atoms with Crippen molar-refractivity contribution in [3.8, 4) is 5.75 Å². The van der Waals surface area contributed by atoms with Gasteiger partial charge >= 0.3 is 0 Å². The minimum Gasteiger partial charge on any atom is -0.505 e. The number of hydrogen-bond donors (Lipinski definition) is 5. The predicted octanol–water partition coefficient (Wildman–Crippen LogP) is 3.18. The van der Waals surface area contributed by atoms with Gasteiger partial charge < -0.3 is 20.9 Å². The summed E-state index contributed by atoms with van der Waals surface area (Å²) in [6, 6.07) is 13.5. The molecule has 5 N–H and O–H groups in total. The van der Waals surface area contributed by atoms with Gasteiger partial charge in [0.15, 0.2) is 5.71 Å². The number of hydrogen-bond acceptors (Lipinski definition) is 6. The number of aliphatic hydroxyl groups excluding tert-OH is 1. The Morgan fingerprint density at radius 1 is 1.07 bits per heavy atom. The summed E-state index contributed by atoms with van der Waals surface area (Å²) in [5.74, 6) is -0.386. The number of aromatic hydroxyl groups is 1. The van der Waals surface area contributed by atoms with Crippen molar-refractivity contribution >= 4 is 23.0 Å². The summed E-state index contributed by atoms with van der Waals surface area (Å²) < 4.78 is 0. The number of phenolic OH excluding ortho intramolecular Hbond substituents is 1. The zero-order valence-corrected chi connectivity index (χ0v) is 17.5. The van der Waals surface area contributed by atoms with Gasteiger partial charge in [0.1, 0.15) is 5.75 Å². The maximum atomic E-state index is 12.3. The molecule has 1 amide bonds. The molecule has 0 unspecified atom stereocenters. The van der Waals surface area contributed by atoms with E-state index in [4.69, 9.17) is 10.5 Å². The van der Waals surface area contributed by atoms with Crippen LogP contribution in [0.5, 0.6) is 5.75 Å². The molecule has 30 heavy (non-hydrogen) atoms. The van der Waals surface area contributed by atoms with Gasteiger partial charge in [0, 0.05) is 13.2 Å². The fraction of sp³-hybridized carbons (Fsp3) is 0.348. The summed E-state index contributed by atoms with van der Waals surface area (Å²) in [4.78, 5) is 12.3. The van der Waals surface area contributed by atoms with Crippen molar-refractivity contribution in [2.75, 3.05) is 18.6 Å². The molecule has 0 radical (unpaired) electrons. The van der Waals surface area contributed by atoms with E-state index in [1.165, 1.54) is 18.1 Å². The molecule has 0 aromatic heterocycles. The first-order valence-electron chi connectivity index (χ1n) is 10.1. The average molecular weight is 411 g/mol. The Kier molecular flexibility index (Phi) is 9.03. The van der Waals surface area contributed by atoms with Gasteiger partial charge in [-0.1, -0.05) is 36.4 Å². The molecule has 0 saturated carbocycles. The second-order valence-electron chi connectivity index (χ2n) is 7.12. The lowest BCUT2D eigenvalue weighted by atomic mass is 10.00. The number of hydrazone groups is 1. The van der Waals surface area contributed by atoms with Gasteiger partial charge in [-0.2, -0.15) is 5.10 Å². The van der Waals surface area contributed by atoms with Gasteiger partial charge in [-0.25, -0.2) is 0 Å². The summed E-state index contributed by atoms with van der Waals surface area (Å²) in [5.41, 5.74) is 6.28. The van der Waals surface area contributed by atoms with Crippen molar-refractivity contribution in [2.45, 2.75) is 39.5 Å². The molecule has 2 aromatic carbocycles. The van der Waals surface area contributed by atoms with E-state index in [0.717, 1.165) is 12.0 Å². The molecule has 0 aliphatic heterocycles. The van der Waals surface area contributed by atoms with Gasteiger partial charge in [0.2, 0.25) is 0 Å². The number of aliphatic hydroxyl groups is 1. The number of anilines is 1. The van der Waals surface area contributed by atoms with Crippen LogP contribution in [0.3, 0.4) is 0 Å². The van der Waals surface area contributed by atoms with Gasteiger partial charge in [0.05, 0.1) is 11.4 Å². The predicted molar refractivity (Wildman–Crippen MR) is 120 cm³/mol. The molecule has 0 atom stereocenters. The van der Waals surface area contributed by atoms with Crippen LogP contribution >= 0.6 is 0 Å². The summed E-state index contributed by atoms with van der Waals surface area (Å²) in [6.45, 7) is 4.01. The maximum Gasteiger partial charge on any atom is 0.273 e. The average Bonchev–Trinajstić information content (AvgIpc) is 2.72. The number of carbonyl (C=O) groups is 1. The molecular weight excluding hydrogens is 380 g/mol. The Balaban J connectivity index is 2.07. The summed E-state index contributed by atoms with van der Waals surface area (Å²) in [7, 11) is 0. The van der Waals surface area contributed by atoms with Crippen LogP contribution in [-0.2, 0) is 17.6 Å². The van der Waals surface area contributed by atoms with Crippen LogP contribution in [0.4, 0.5) is 5.69 Å². The molecule has 0 heterocycles. The van der Waals surface area contributed by atoms with Crippen molar-refractivity contribution in [2.24, 2.45) is 5.10 Å². The highest BCUT2D eigenvalue weighted by molar-refractivity contribution is 6.66. The highest BCUT2D eigenvalue weighted by Crippen LogP contribution is 2.28. The fourth-order valence-electron chi connectivity index (χ4n) is 2.99. The number of unbranched alkanes of at least 4 members (excludes halogenated alkanes) is 1. The number of amides is 1. The fourth-order valence-corrected chi connectivity index (χ4v) is 2.99. The highest BCUT2D eigenvalue weighted by atomic mass is 16.3. The van der Waals surface area contributed by atoms with Crippen LogP contribution < -0.4 is 10.7 Å². The Bertz CT molecular complexity index is 909. The molecule has 0 aliphatic carbocycles. The van der Waals surface area contributed by atoms with Crippen molar-refractivity contribution in [1.82, 2.24) is 5.32 Å². The van der Waals surface area contributed by atoms with Gasteiger partial charge in [-0.05, 0) is 62.3 Å². The Hall–Kier alpha value is -3.19. The molecule has 0 saturated heterocycles. The molecule has 7 nitrogen and oxygen atoms in total. The Morgan fingerprint density at radius 3 is 2.47 bits per heavy atom. The largest absolute Gasteiger partial charge is 0.505 e. The van der Waals surface area contributed by atoms with Crippen molar-refractivity contribution < 1.29 is 15.0 Å². The first-order valence-corrected chi connectivity index (χ1v) is 10.1. The van der Waals surface area contributed by atoms with Gasteiger partial charge in [-0.3, -0.25) is 10.2 Å². The molecule has 0 aliphatic rings. The highest BCUT2D eigenvalue weighted by Gasteiger charge is 2.14. The lowest BCUT2D eigenvalue weighted by molar-refractivity contribution is -0.114. The molecule has 160 valence electrons. The van der Waals surface area contributed by atoms with Crippen LogP contribution in [0, 0.1) is 12.3 Å². The van der Waals surface area contributed by atoms with Crippen LogP contribution in [-0.4, -0.2) is 40.7 Å². The van der Waals surface area contributed by atoms with Crippen molar-refractivity contribution in [3.63, 3.8) is 0 Å². The SMILES string of the molecule is CC(=N)/C(=N/Nc1cccc(CCc2ccccc2C)c1O)C(=O)NCCCCO. The zero-order valence-electron chi connectivity index (χ0n) is 17.5. The minimum atomic E-state index is -0.469. The van der Waals surface area contributed by atoms with Crippen LogP contribution in [0.15, 0.2) is 47.6 Å². The summed E-state index contributed by atoms with van der Waals surface area (Å²) >= 11 is 0. The molecule has 0 bridgehead atoms. The van der Waals surface area contributed by atoms with Crippen molar-refractivity contribution in [3.05, 3.63) is 59.2 Å². The summed E-state index contributed by atoms with van der Waals surface area (Å²) in [6.07, 6.45) is 2.70. The molecular formula is C23H30N4O3. The third-order valence-corrected chi connectivity index (χ3v) is 4.77. The van der Waals surface area contributed by atoms with Gasteiger partial charge in [0.25, 0.3) is 5.91 Å². The standard InChI is InChI=1S/C23H30N4O3/c1-16-8-3-4-9-18(16)12-13-19-10-7-11-20(22(19)29)26-27-21(17(2)24)23(30)25-14-5-6-15-28/h3-4,7-11,24,26,28-29H,5-6,12-15H2,1-2H3,(H,25,30)/b24-17?,27-21-. The number of benzene rings is 2. The van der Waals surface area contributed by atoms with Crippen molar-refractivity contribution in [1.29, 1.82) is 5.41 Å². The third-order valence-electron chi connectivity index (χ3n) is 4.77. The number of nitrogens with one attached hydrogen (secondary N) is 3. The third kappa shape index (κ3) is 6.70. The number of rotatable bonds is 11. The molecule has 2 aromatic rings. The quantitative estimate of drug-likeness (QED) is 0.169. The normalized spacial score (nSPS) is 11.2. The first kappa shape index (κ1) is 23.1. The number of aryl methyl sites for hydroxylation is 3. The number of phenols is 1. The lowest BCUT2D eigenvalue weighted by Crippen LogP contribution is -2.36. The molecule has 0 spiro atoms. The van der Waals surface area contributed by atoms with E-state index in [0.29, 0.717) is 31.5 Å². The molecule has 0 fully saturated rings. The van der Waals surface area contributed by atoms with E-state index in [1.807, 2.05) is 24.3 Å².